The van der Waals surface area contributed by atoms with Gasteiger partial charge in [0, 0.05) is 30.8 Å². The minimum atomic E-state index is -0.164. The number of aromatic amines is 1. The van der Waals surface area contributed by atoms with Crippen molar-refractivity contribution in [2.45, 2.75) is 65.8 Å². The standard InChI is InChI=1S/C24H34N6O3/c1-15(2)22(23-26-27-28-30(23)14-20-6-5-9-33-20)29(7-8-31)13-19-12-18-10-16(3)17(4)11-21(18)25-24(19)32/h10-12,15,20,22,31H,5-9,13-14H2,1-4H3,(H,25,32)/t20-,22+/m1/s1. The van der Waals surface area contributed by atoms with Crippen molar-refractivity contribution in [3.8, 4) is 0 Å². The van der Waals surface area contributed by atoms with Gasteiger partial charge in [0.1, 0.15) is 0 Å². The lowest BCUT2D eigenvalue weighted by atomic mass is 10.00. The summed E-state index contributed by atoms with van der Waals surface area (Å²) in [5.74, 6) is 0.896. The number of pyridine rings is 1. The van der Waals surface area contributed by atoms with Crippen molar-refractivity contribution in [1.82, 2.24) is 30.1 Å². The number of H-pyrrole nitrogens is 1. The van der Waals surface area contributed by atoms with Gasteiger partial charge in [-0.05, 0) is 77.7 Å². The lowest BCUT2D eigenvalue weighted by molar-refractivity contribution is 0.0819. The summed E-state index contributed by atoms with van der Waals surface area (Å²) in [6.07, 6.45) is 2.16. The first kappa shape index (κ1) is 23.5. The maximum absolute atomic E-state index is 12.9. The Kier molecular flexibility index (Phi) is 7.21. The van der Waals surface area contributed by atoms with Crippen molar-refractivity contribution in [2.75, 3.05) is 19.8 Å². The largest absolute Gasteiger partial charge is 0.395 e. The van der Waals surface area contributed by atoms with E-state index in [0.29, 0.717) is 25.2 Å². The zero-order valence-corrected chi connectivity index (χ0v) is 19.9. The number of nitrogens with one attached hydrogen (secondary N) is 1. The molecule has 4 rings (SSSR count). The average Bonchev–Trinajstić information content (AvgIpc) is 3.43. The summed E-state index contributed by atoms with van der Waals surface area (Å²) in [6.45, 7) is 10.5. The number of fused-ring (bicyclic) bond motifs is 1. The van der Waals surface area contributed by atoms with E-state index in [1.54, 1.807) is 0 Å². The fourth-order valence-electron chi connectivity index (χ4n) is 4.72. The van der Waals surface area contributed by atoms with Gasteiger partial charge in [-0.25, -0.2) is 4.68 Å². The molecule has 9 heteroatoms. The van der Waals surface area contributed by atoms with Crippen molar-refractivity contribution in [3.05, 3.63) is 51.1 Å². The first-order valence-electron chi connectivity index (χ1n) is 11.7. The van der Waals surface area contributed by atoms with Crippen LogP contribution in [0.4, 0.5) is 0 Å². The molecule has 2 aromatic heterocycles. The molecule has 2 N–H and O–H groups in total. The van der Waals surface area contributed by atoms with E-state index in [-0.39, 0.29) is 30.2 Å². The second-order valence-corrected chi connectivity index (χ2v) is 9.38. The minimum Gasteiger partial charge on any atom is -0.395 e. The van der Waals surface area contributed by atoms with Crippen LogP contribution < -0.4 is 5.56 Å². The molecule has 1 aliphatic rings. The number of tetrazole rings is 1. The van der Waals surface area contributed by atoms with Gasteiger partial charge in [-0.15, -0.1) is 5.10 Å². The maximum Gasteiger partial charge on any atom is 0.252 e. The lowest BCUT2D eigenvalue weighted by Crippen LogP contribution is -2.37. The predicted molar refractivity (Wildman–Crippen MR) is 126 cm³/mol. The number of benzene rings is 1. The number of aryl methyl sites for hydroxylation is 2. The fourth-order valence-corrected chi connectivity index (χ4v) is 4.72. The Bertz CT molecular complexity index is 1150. The van der Waals surface area contributed by atoms with Crippen LogP contribution >= 0.6 is 0 Å². The van der Waals surface area contributed by atoms with Crippen molar-refractivity contribution in [3.63, 3.8) is 0 Å². The number of rotatable bonds is 9. The van der Waals surface area contributed by atoms with E-state index in [0.717, 1.165) is 41.7 Å². The van der Waals surface area contributed by atoms with Gasteiger partial charge in [0.2, 0.25) is 0 Å². The summed E-state index contributed by atoms with van der Waals surface area (Å²) in [4.78, 5) is 18.1. The van der Waals surface area contributed by atoms with Gasteiger partial charge in [-0.1, -0.05) is 13.8 Å². The SMILES string of the molecule is Cc1cc2cc(CN(CCO)[C@H](c3nnnn3C[C@H]3CCCO3)C(C)C)c(=O)[nH]c2cc1C. The molecule has 3 aromatic rings. The molecular weight excluding hydrogens is 420 g/mol. The summed E-state index contributed by atoms with van der Waals surface area (Å²) in [5.41, 5.74) is 3.70. The first-order chi connectivity index (χ1) is 15.9. The molecule has 0 spiro atoms. The average molecular weight is 455 g/mol. The Morgan fingerprint density at radius 2 is 2.06 bits per heavy atom. The molecule has 0 amide bonds. The lowest BCUT2D eigenvalue weighted by Gasteiger charge is -2.33. The van der Waals surface area contributed by atoms with Crippen LogP contribution in [-0.2, 0) is 17.8 Å². The molecule has 9 nitrogen and oxygen atoms in total. The zero-order chi connectivity index (χ0) is 23.5. The fraction of sp³-hybridized carbons (Fsp3) is 0.583. The molecule has 0 radical (unpaired) electrons. The highest BCUT2D eigenvalue weighted by Gasteiger charge is 2.30. The van der Waals surface area contributed by atoms with Gasteiger partial charge < -0.3 is 14.8 Å². The molecule has 0 unspecified atom stereocenters. The highest BCUT2D eigenvalue weighted by molar-refractivity contribution is 5.80. The predicted octanol–water partition coefficient (Wildman–Crippen LogP) is 2.50. The number of hydrogen-bond donors (Lipinski definition) is 2. The molecule has 0 saturated carbocycles. The smallest absolute Gasteiger partial charge is 0.252 e. The molecule has 1 aliphatic heterocycles. The number of hydrogen-bond acceptors (Lipinski definition) is 7. The third-order valence-electron chi connectivity index (χ3n) is 6.55. The molecule has 2 atom stereocenters. The summed E-state index contributed by atoms with van der Waals surface area (Å²) in [5, 5.41) is 23.4. The van der Waals surface area contributed by atoms with E-state index in [1.807, 2.05) is 23.7 Å². The van der Waals surface area contributed by atoms with Crippen LogP contribution in [0.15, 0.2) is 23.0 Å². The number of aliphatic hydroxyl groups is 1. The Morgan fingerprint density at radius 1 is 1.27 bits per heavy atom. The highest BCUT2D eigenvalue weighted by Crippen LogP contribution is 2.29. The third-order valence-corrected chi connectivity index (χ3v) is 6.55. The van der Waals surface area contributed by atoms with Crippen molar-refractivity contribution >= 4 is 10.9 Å². The molecule has 1 saturated heterocycles. The topological polar surface area (TPSA) is 109 Å². The van der Waals surface area contributed by atoms with Gasteiger partial charge in [0.05, 0.1) is 25.3 Å². The van der Waals surface area contributed by atoms with Crippen molar-refractivity contribution in [1.29, 1.82) is 0 Å². The quantitative estimate of drug-likeness (QED) is 0.511. The summed E-state index contributed by atoms with van der Waals surface area (Å²) in [7, 11) is 0. The van der Waals surface area contributed by atoms with E-state index in [1.165, 1.54) is 5.56 Å². The van der Waals surface area contributed by atoms with Crippen molar-refractivity contribution in [2.24, 2.45) is 5.92 Å². The van der Waals surface area contributed by atoms with E-state index in [4.69, 9.17) is 4.74 Å². The summed E-state index contributed by atoms with van der Waals surface area (Å²) in [6, 6.07) is 5.90. The van der Waals surface area contributed by atoms with Gasteiger partial charge in [-0.3, -0.25) is 9.69 Å². The normalized spacial score (nSPS) is 17.5. The molecule has 178 valence electrons. The first-order valence-corrected chi connectivity index (χ1v) is 11.7. The Balaban J connectivity index is 1.67. The number of aliphatic hydroxyl groups excluding tert-OH is 1. The molecule has 0 bridgehead atoms. The number of ether oxygens (including phenoxy) is 1. The molecule has 1 aromatic carbocycles. The van der Waals surface area contributed by atoms with Crippen LogP contribution in [0.5, 0.6) is 0 Å². The number of aromatic nitrogens is 5. The van der Waals surface area contributed by atoms with Gasteiger partial charge in [0.25, 0.3) is 5.56 Å². The highest BCUT2D eigenvalue weighted by atomic mass is 16.5. The van der Waals surface area contributed by atoms with E-state index in [9.17, 15) is 9.90 Å². The Morgan fingerprint density at radius 3 is 2.76 bits per heavy atom. The molecule has 3 heterocycles. The van der Waals surface area contributed by atoms with Gasteiger partial charge in [-0.2, -0.15) is 0 Å². The minimum absolute atomic E-state index is 0.0275. The van der Waals surface area contributed by atoms with E-state index in [2.05, 4.69) is 52.2 Å². The number of nitrogens with zero attached hydrogens (tertiary/aromatic N) is 5. The van der Waals surface area contributed by atoms with Crippen LogP contribution in [-0.4, -0.2) is 61.1 Å². The van der Waals surface area contributed by atoms with E-state index >= 15 is 0 Å². The molecule has 1 fully saturated rings. The summed E-state index contributed by atoms with van der Waals surface area (Å²) < 4.78 is 7.61. The second-order valence-electron chi connectivity index (χ2n) is 9.38. The van der Waals surface area contributed by atoms with Gasteiger partial charge >= 0.3 is 0 Å². The van der Waals surface area contributed by atoms with Crippen molar-refractivity contribution < 1.29 is 9.84 Å². The van der Waals surface area contributed by atoms with Crippen LogP contribution in [0, 0.1) is 19.8 Å². The Hall–Kier alpha value is -2.62. The molecule has 33 heavy (non-hydrogen) atoms. The van der Waals surface area contributed by atoms with E-state index < -0.39 is 0 Å². The monoisotopic (exact) mass is 454 g/mol. The maximum atomic E-state index is 12.9. The third kappa shape index (κ3) is 5.15. The van der Waals surface area contributed by atoms with Crippen LogP contribution in [0.3, 0.4) is 0 Å². The van der Waals surface area contributed by atoms with Gasteiger partial charge in [0.15, 0.2) is 5.82 Å². The van der Waals surface area contributed by atoms with Crippen LogP contribution in [0.25, 0.3) is 10.9 Å². The zero-order valence-electron chi connectivity index (χ0n) is 19.9. The van der Waals surface area contributed by atoms with Crippen LogP contribution in [0.1, 0.15) is 55.2 Å². The second kappa shape index (κ2) is 10.1. The Labute approximate surface area is 193 Å². The molecular formula is C24H34N6O3. The van der Waals surface area contributed by atoms with Crippen LogP contribution in [0.2, 0.25) is 0 Å². The molecule has 0 aliphatic carbocycles. The summed E-state index contributed by atoms with van der Waals surface area (Å²) >= 11 is 0.